The number of likely N-dealkylation sites (N-methyl/N-ethyl adjacent to an activating group) is 1. The molecule has 8 nitrogen and oxygen atoms in total. The number of halogens is 1. The van der Waals surface area contributed by atoms with Crippen molar-refractivity contribution in [3.8, 4) is 0 Å². The fourth-order valence-corrected chi connectivity index (χ4v) is 7.80. The van der Waals surface area contributed by atoms with E-state index in [2.05, 4.69) is 48.4 Å². The number of rotatable bonds is 7. The van der Waals surface area contributed by atoms with Crippen LogP contribution in [-0.4, -0.2) is 98.4 Å². The van der Waals surface area contributed by atoms with E-state index < -0.39 is 12.1 Å². The van der Waals surface area contributed by atoms with Crippen molar-refractivity contribution in [3.05, 3.63) is 0 Å². The molecular weight excluding hydrogens is 452 g/mol. The third kappa shape index (κ3) is 5.43. The topological polar surface area (TPSA) is 109 Å². The average molecular weight is 499 g/mol. The summed E-state index contributed by atoms with van der Waals surface area (Å²) in [5, 5.41) is 6.80. The molecule has 1 saturated carbocycles. The summed E-state index contributed by atoms with van der Waals surface area (Å²) >= 11 is 6.78. The van der Waals surface area contributed by atoms with Gasteiger partial charge in [-0.15, -0.1) is 11.6 Å². The summed E-state index contributed by atoms with van der Waals surface area (Å²) in [4.78, 5) is 18.3. The van der Waals surface area contributed by atoms with E-state index in [-0.39, 0.29) is 46.4 Å². The second-order valence-electron chi connectivity index (χ2n) is 11.9. The van der Waals surface area contributed by atoms with Crippen LogP contribution in [0.1, 0.15) is 52.4 Å². The Hall–Kier alpha value is -0.480. The van der Waals surface area contributed by atoms with Crippen LogP contribution in [0, 0.1) is 16.7 Å². The second kappa shape index (κ2) is 10.5. The van der Waals surface area contributed by atoms with Crippen LogP contribution in [0.15, 0.2) is 0 Å². The summed E-state index contributed by atoms with van der Waals surface area (Å²) in [6.07, 6.45) is 5.64. The highest BCUT2D eigenvalue weighted by atomic mass is 35.5. The van der Waals surface area contributed by atoms with E-state index in [1.807, 2.05) is 0 Å². The minimum atomic E-state index is -0.737. The number of ether oxygens (including phenoxy) is 1. The minimum absolute atomic E-state index is 0.00680. The van der Waals surface area contributed by atoms with Gasteiger partial charge in [-0.05, 0) is 70.0 Å². The van der Waals surface area contributed by atoms with E-state index in [4.69, 9.17) is 27.8 Å². The first kappa shape index (κ1) is 26.6. The fraction of sp³-hybridized carbons (Fsp3) is 0.960. The van der Waals surface area contributed by atoms with Crippen LogP contribution in [0.25, 0.3) is 0 Å². The SMILES string of the molecule is CCC12CC(C(C(=O)NC3CNCCC3OC3CCN(C)C3)C(N)N)N(C)CC(Cl)CC1(C)C2. The number of nitrogens with one attached hydrogen (secondary N) is 2. The third-order valence-corrected chi connectivity index (χ3v) is 9.77. The van der Waals surface area contributed by atoms with Crippen LogP contribution in [-0.2, 0) is 9.53 Å². The number of piperidine rings is 1. The van der Waals surface area contributed by atoms with E-state index in [9.17, 15) is 4.79 Å². The zero-order chi connectivity index (χ0) is 24.7. The Morgan fingerprint density at radius 2 is 2.03 bits per heavy atom. The van der Waals surface area contributed by atoms with E-state index in [0.29, 0.717) is 6.54 Å². The Morgan fingerprint density at radius 3 is 2.68 bits per heavy atom. The molecule has 0 aromatic carbocycles. The van der Waals surface area contributed by atoms with Gasteiger partial charge in [0, 0.05) is 37.6 Å². The van der Waals surface area contributed by atoms with Crippen molar-refractivity contribution in [1.82, 2.24) is 20.4 Å². The van der Waals surface area contributed by atoms with Gasteiger partial charge < -0.3 is 36.6 Å². The molecule has 0 spiro atoms. The molecule has 3 aliphatic heterocycles. The fourth-order valence-electron chi connectivity index (χ4n) is 7.24. The maximum Gasteiger partial charge on any atom is 0.227 e. The molecule has 0 radical (unpaired) electrons. The van der Waals surface area contributed by atoms with Crippen molar-refractivity contribution in [1.29, 1.82) is 0 Å². The van der Waals surface area contributed by atoms with Gasteiger partial charge in [-0.3, -0.25) is 4.79 Å². The van der Waals surface area contributed by atoms with Crippen molar-refractivity contribution in [3.63, 3.8) is 0 Å². The highest BCUT2D eigenvalue weighted by molar-refractivity contribution is 6.20. The minimum Gasteiger partial charge on any atom is -0.371 e. The van der Waals surface area contributed by atoms with Crippen molar-refractivity contribution >= 4 is 17.5 Å². The molecule has 1 amide bonds. The van der Waals surface area contributed by atoms with Crippen molar-refractivity contribution in [2.45, 2.75) is 88.2 Å². The maximum atomic E-state index is 13.8. The highest BCUT2D eigenvalue weighted by Crippen LogP contribution is 2.71. The number of likely N-dealkylation sites (tertiary alicyclic amines) is 2. The summed E-state index contributed by atoms with van der Waals surface area (Å²) < 4.78 is 6.48. The second-order valence-corrected chi connectivity index (χ2v) is 12.6. The average Bonchev–Trinajstić information content (AvgIpc) is 3.08. The van der Waals surface area contributed by atoms with Crippen molar-refractivity contribution in [2.75, 3.05) is 46.8 Å². The maximum absolute atomic E-state index is 13.8. The summed E-state index contributed by atoms with van der Waals surface area (Å²) in [5.41, 5.74) is 13.1. The van der Waals surface area contributed by atoms with Gasteiger partial charge in [-0.25, -0.2) is 0 Å². The van der Waals surface area contributed by atoms with Crippen LogP contribution < -0.4 is 22.1 Å². The molecule has 4 aliphatic rings. The first-order chi connectivity index (χ1) is 16.1. The number of carbonyl (C=O) groups is 1. The predicted molar refractivity (Wildman–Crippen MR) is 137 cm³/mol. The lowest BCUT2D eigenvalue weighted by Crippen LogP contribution is -2.62. The van der Waals surface area contributed by atoms with Gasteiger partial charge in [0.05, 0.1) is 30.3 Å². The molecule has 9 heteroatoms. The molecule has 4 fully saturated rings. The van der Waals surface area contributed by atoms with Gasteiger partial charge in [0.2, 0.25) is 5.91 Å². The molecular formula is C25H47ClN6O2. The Morgan fingerprint density at radius 1 is 1.26 bits per heavy atom. The summed E-state index contributed by atoms with van der Waals surface area (Å²) in [5.74, 6) is -0.557. The van der Waals surface area contributed by atoms with Crippen LogP contribution in [0.5, 0.6) is 0 Å². The highest BCUT2D eigenvalue weighted by Gasteiger charge is 2.64. The molecule has 34 heavy (non-hydrogen) atoms. The van der Waals surface area contributed by atoms with Crippen molar-refractivity contribution < 1.29 is 9.53 Å². The van der Waals surface area contributed by atoms with Crippen LogP contribution in [0.2, 0.25) is 0 Å². The van der Waals surface area contributed by atoms with E-state index in [0.717, 1.165) is 64.7 Å². The van der Waals surface area contributed by atoms with Gasteiger partial charge in [-0.1, -0.05) is 13.8 Å². The van der Waals surface area contributed by atoms with E-state index in [1.54, 1.807) is 0 Å². The number of hydrogen-bond acceptors (Lipinski definition) is 7. The largest absolute Gasteiger partial charge is 0.371 e. The molecule has 4 rings (SSSR count). The number of carbonyl (C=O) groups excluding carboxylic acids is 1. The van der Waals surface area contributed by atoms with Crippen LogP contribution in [0.4, 0.5) is 0 Å². The molecule has 3 heterocycles. The quantitative estimate of drug-likeness (QED) is 0.305. The van der Waals surface area contributed by atoms with Gasteiger partial charge in [-0.2, -0.15) is 0 Å². The number of nitrogens with zero attached hydrogens (tertiary/aromatic N) is 2. The van der Waals surface area contributed by atoms with E-state index >= 15 is 0 Å². The Kier molecular flexibility index (Phi) is 8.19. The third-order valence-electron chi connectivity index (χ3n) is 9.48. The number of nitrogens with two attached hydrogens (primary N) is 2. The standard InChI is InChI=1S/C25H47ClN6O2/c1-5-25-11-19(32(4)13-16(26)10-24(25,2)15-25)21(22(27)28)23(33)30-18-12-29-8-6-20(18)34-17-7-9-31(3)14-17/h16-22,29H,5-15,27-28H2,1-4H3,(H,30,33). The normalized spacial score (nSPS) is 42.6. The number of amides is 1. The lowest BCUT2D eigenvalue weighted by Gasteiger charge is -2.43. The van der Waals surface area contributed by atoms with Gasteiger partial charge in [0.1, 0.15) is 0 Å². The van der Waals surface area contributed by atoms with Gasteiger partial charge in [0.15, 0.2) is 0 Å². The van der Waals surface area contributed by atoms with Crippen LogP contribution in [0.3, 0.4) is 0 Å². The van der Waals surface area contributed by atoms with Gasteiger partial charge in [0.25, 0.3) is 0 Å². The summed E-state index contributed by atoms with van der Waals surface area (Å²) in [6, 6.07) is -0.123. The summed E-state index contributed by atoms with van der Waals surface area (Å²) in [6.45, 7) is 8.98. The number of fused-ring (bicyclic) bond motifs is 1. The molecule has 3 saturated heterocycles. The molecule has 0 aromatic heterocycles. The lowest BCUT2D eigenvalue weighted by atomic mass is 9.77. The number of alkyl halides is 1. The predicted octanol–water partition coefficient (Wildman–Crippen LogP) is 0.922. The lowest BCUT2D eigenvalue weighted by molar-refractivity contribution is -0.131. The Balaban J connectivity index is 1.48. The number of hydrogen-bond donors (Lipinski definition) is 4. The molecule has 0 bridgehead atoms. The smallest absolute Gasteiger partial charge is 0.227 e. The Bertz CT molecular complexity index is 728. The molecule has 0 aromatic rings. The molecule has 1 aliphatic carbocycles. The zero-order valence-corrected chi connectivity index (χ0v) is 22.3. The van der Waals surface area contributed by atoms with Crippen LogP contribution >= 0.6 is 11.6 Å². The molecule has 6 N–H and O–H groups in total. The van der Waals surface area contributed by atoms with Crippen molar-refractivity contribution in [2.24, 2.45) is 28.2 Å². The Labute approximate surface area is 210 Å². The molecule has 8 atom stereocenters. The van der Waals surface area contributed by atoms with E-state index in [1.165, 1.54) is 0 Å². The molecule has 8 unspecified atom stereocenters. The summed E-state index contributed by atoms with van der Waals surface area (Å²) in [7, 11) is 4.20. The first-order valence-corrected chi connectivity index (χ1v) is 13.7. The molecule has 196 valence electrons. The first-order valence-electron chi connectivity index (χ1n) is 13.3. The zero-order valence-electron chi connectivity index (χ0n) is 21.6. The van der Waals surface area contributed by atoms with Gasteiger partial charge >= 0.3 is 0 Å². The monoisotopic (exact) mass is 498 g/mol.